The number of benzene rings is 1. The van der Waals surface area contributed by atoms with E-state index in [4.69, 9.17) is 4.74 Å². The molecule has 1 fully saturated rings. The third kappa shape index (κ3) is 4.47. The van der Waals surface area contributed by atoms with E-state index in [0.29, 0.717) is 25.3 Å². The summed E-state index contributed by atoms with van der Waals surface area (Å²) in [5.41, 5.74) is 0.704. The molecule has 132 valence electrons. The predicted molar refractivity (Wildman–Crippen MR) is 97.0 cm³/mol. The maximum Gasteiger partial charge on any atom is 0.253 e. The van der Waals surface area contributed by atoms with Crippen LogP contribution in [0.15, 0.2) is 42.6 Å². The van der Waals surface area contributed by atoms with Gasteiger partial charge in [-0.2, -0.15) is 5.10 Å². The Morgan fingerprint density at radius 1 is 1.12 bits per heavy atom. The third-order valence-electron chi connectivity index (χ3n) is 4.32. The molecule has 0 atom stereocenters. The molecule has 0 spiro atoms. The van der Waals surface area contributed by atoms with Crippen molar-refractivity contribution in [2.75, 3.05) is 37.7 Å². The van der Waals surface area contributed by atoms with Gasteiger partial charge in [0.2, 0.25) is 0 Å². The molecule has 25 heavy (non-hydrogen) atoms. The van der Waals surface area contributed by atoms with Gasteiger partial charge in [-0.1, -0.05) is 13.3 Å². The highest BCUT2D eigenvalue weighted by Crippen LogP contribution is 2.17. The summed E-state index contributed by atoms with van der Waals surface area (Å²) in [6.07, 6.45) is 3.81. The van der Waals surface area contributed by atoms with Crippen molar-refractivity contribution in [3.05, 3.63) is 48.2 Å². The van der Waals surface area contributed by atoms with E-state index < -0.39 is 0 Å². The highest BCUT2D eigenvalue weighted by Gasteiger charge is 2.22. The average Bonchev–Trinajstić information content (AvgIpc) is 2.69. The molecule has 0 saturated carbocycles. The Morgan fingerprint density at radius 2 is 1.88 bits per heavy atom. The van der Waals surface area contributed by atoms with Crippen molar-refractivity contribution >= 4 is 11.7 Å². The minimum atomic E-state index is 0.0684. The van der Waals surface area contributed by atoms with Gasteiger partial charge in [-0.05, 0) is 42.8 Å². The molecule has 6 heteroatoms. The van der Waals surface area contributed by atoms with E-state index >= 15 is 0 Å². The summed E-state index contributed by atoms with van der Waals surface area (Å²) in [6.45, 7) is 5.75. The molecule has 3 rings (SSSR count). The molecule has 1 aromatic heterocycles. The zero-order valence-corrected chi connectivity index (χ0v) is 14.6. The van der Waals surface area contributed by atoms with Crippen LogP contribution in [0.2, 0.25) is 0 Å². The molecule has 0 aliphatic carbocycles. The lowest BCUT2D eigenvalue weighted by molar-refractivity contribution is 0.0746. The van der Waals surface area contributed by atoms with Crippen LogP contribution in [0.4, 0.5) is 5.82 Å². The Labute approximate surface area is 148 Å². The van der Waals surface area contributed by atoms with Crippen LogP contribution in [0.3, 0.4) is 0 Å². The van der Waals surface area contributed by atoms with Crippen molar-refractivity contribution in [2.45, 2.75) is 19.8 Å². The van der Waals surface area contributed by atoms with Crippen LogP contribution in [0.5, 0.6) is 5.75 Å². The maximum atomic E-state index is 12.7. The number of rotatable bonds is 6. The number of hydrogen-bond acceptors (Lipinski definition) is 5. The summed E-state index contributed by atoms with van der Waals surface area (Å²) >= 11 is 0. The number of unbranched alkanes of at least 4 members (excludes halogenated alkanes) is 1. The van der Waals surface area contributed by atoms with Gasteiger partial charge in [0.1, 0.15) is 5.75 Å². The number of nitrogens with zero attached hydrogens (tertiary/aromatic N) is 4. The second kappa shape index (κ2) is 8.46. The number of piperazine rings is 1. The third-order valence-corrected chi connectivity index (χ3v) is 4.32. The molecule has 0 N–H and O–H groups in total. The standard InChI is InChI=1S/C19H24N4O2/c1-2-3-15-25-17-8-6-16(7-9-17)19(24)23-13-11-22(12-14-23)18-5-4-10-20-21-18/h4-10H,2-3,11-15H2,1H3. The second-order valence-corrected chi connectivity index (χ2v) is 6.09. The first-order chi connectivity index (χ1) is 12.3. The van der Waals surface area contributed by atoms with Crippen LogP contribution in [0.25, 0.3) is 0 Å². The quantitative estimate of drug-likeness (QED) is 0.757. The van der Waals surface area contributed by atoms with Gasteiger partial charge in [0, 0.05) is 37.9 Å². The number of aromatic nitrogens is 2. The summed E-state index contributed by atoms with van der Waals surface area (Å²) in [4.78, 5) is 16.7. The van der Waals surface area contributed by atoms with E-state index in [9.17, 15) is 4.79 Å². The van der Waals surface area contributed by atoms with Crippen molar-refractivity contribution < 1.29 is 9.53 Å². The SMILES string of the molecule is CCCCOc1ccc(C(=O)N2CCN(c3cccnn3)CC2)cc1. The predicted octanol–water partition coefficient (Wildman–Crippen LogP) is 2.62. The van der Waals surface area contributed by atoms with E-state index in [1.54, 1.807) is 6.20 Å². The molecule has 6 nitrogen and oxygen atoms in total. The molecular formula is C19H24N4O2. The van der Waals surface area contributed by atoms with Gasteiger partial charge in [-0.25, -0.2) is 0 Å². The van der Waals surface area contributed by atoms with Crippen LogP contribution in [-0.4, -0.2) is 53.8 Å². The number of hydrogen-bond donors (Lipinski definition) is 0. The molecule has 2 heterocycles. The fraction of sp³-hybridized carbons (Fsp3) is 0.421. The molecule has 1 aliphatic rings. The molecule has 2 aromatic rings. The molecule has 1 saturated heterocycles. The first kappa shape index (κ1) is 17.2. The lowest BCUT2D eigenvalue weighted by Gasteiger charge is -2.35. The first-order valence-electron chi connectivity index (χ1n) is 8.82. The Morgan fingerprint density at radius 3 is 2.52 bits per heavy atom. The van der Waals surface area contributed by atoms with Crippen LogP contribution in [0.1, 0.15) is 30.1 Å². The Bertz CT molecular complexity index is 668. The van der Waals surface area contributed by atoms with Crippen LogP contribution in [0, 0.1) is 0 Å². The molecular weight excluding hydrogens is 316 g/mol. The van der Waals surface area contributed by atoms with Crippen LogP contribution in [-0.2, 0) is 0 Å². The minimum absolute atomic E-state index is 0.0684. The van der Waals surface area contributed by atoms with E-state index in [0.717, 1.165) is 37.5 Å². The fourth-order valence-corrected chi connectivity index (χ4v) is 2.81. The summed E-state index contributed by atoms with van der Waals surface area (Å²) in [5.74, 6) is 1.75. The van der Waals surface area contributed by atoms with E-state index in [1.165, 1.54) is 0 Å². The fourth-order valence-electron chi connectivity index (χ4n) is 2.81. The van der Waals surface area contributed by atoms with Gasteiger partial charge in [0.05, 0.1) is 6.61 Å². The Kier molecular flexibility index (Phi) is 5.82. The van der Waals surface area contributed by atoms with Gasteiger partial charge in [-0.3, -0.25) is 4.79 Å². The molecule has 1 aromatic carbocycles. The topological polar surface area (TPSA) is 58.6 Å². The lowest BCUT2D eigenvalue weighted by atomic mass is 10.1. The summed E-state index contributed by atoms with van der Waals surface area (Å²) < 4.78 is 5.65. The van der Waals surface area contributed by atoms with E-state index in [1.807, 2.05) is 41.3 Å². The smallest absolute Gasteiger partial charge is 0.253 e. The Balaban J connectivity index is 1.53. The largest absolute Gasteiger partial charge is 0.494 e. The van der Waals surface area contributed by atoms with Crippen molar-refractivity contribution in [1.82, 2.24) is 15.1 Å². The highest BCUT2D eigenvalue weighted by atomic mass is 16.5. The molecule has 1 aliphatic heterocycles. The van der Waals surface area contributed by atoms with Crippen LogP contribution < -0.4 is 9.64 Å². The number of amides is 1. The zero-order chi connectivity index (χ0) is 17.5. The second-order valence-electron chi connectivity index (χ2n) is 6.09. The van der Waals surface area contributed by atoms with Crippen molar-refractivity contribution in [2.24, 2.45) is 0 Å². The molecule has 1 amide bonds. The average molecular weight is 340 g/mol. The van der Waals surface area contributed by atoms with Crippen molar-refractivity contribution in [1.29, 1.82) is 0 Å². The van der Waals surface area contributed by atoms with Gasteiger partial charge >= 0.3 is 0 Å². The van der Waals surface area contributed by atoms with Gasteiger partial charge in [-0.15, -0.1) is 5.10 Å². The van der Waals surface area contributed by atoms with Gasteiger partial charge < -0.3 is 14.5 Å². The van der Waals surface area contributed by atoms with Crippen molar-refractivity contribution in [3.63, 3.8) is 0 Å². The lowest BCUT2D eigenvalue weighted by Crippen LogP contribution is -2.49. The van der Waals surface area contributed by atoms with Gasteiger partial charge in [0.25, 0.3) is 5.91 Å². The molecule has 0 radical (unpaired) electrons. The zero-order valence-electron chi connectivity index (χ0n) is 14.6. The number of anilines is 1. The number of ether oxygens (including phenoxy) is 1. The monoisotopic (exact) mass is 340 g/mol. The van der Waals surface area contributed by atoms with Crippen LogP contribution >= 0.6 is 0 Å². The number of carbonyl (C=O) groups excluding carboxylic acids is 1. The minimum Gasteiger partial charge on any atom is -0.494 e. The molecule has 0 bridgehead atoms. The highest BCUT2D eigenvalue weighted by molar-refractivity contribution is 5.94. The summed E-state index contributed by atoms with van der Waals surface area (Å²) in [6, 6.07) is 11.3. The van der Waals surface area contributed by atoms with Gasteiger partial charge in [0.15, 0.2) is 5.82 Å². The normalized spacial score (nSPS) is 14.4. The summed E-state index contributed by atoms with van der Waals surface area (Å²) in [5, 5.41) is 8.04. The van der Waals surface area contributed by atoms with Crippen molar-refractivity contribution in [3.8, 4) is 5.75 Å². The van der Waals surface area contributed by atoms with E-state index in [-0.39, 0.29) is 5.91 Å². The van der Waals surface area contributed by atoms with E-state index in [2.05, 4.69) is 22.0 Å². The molecule has 0 unspecified atom stereocenters. The Hall–Kier alpha value is -2.63. The number of carbonyl (C=O) groups is 1. The first-order valence-corrected chi connectivity index (χ1v) is 8.82. The maximum absolute atomic E-state index is 12.7. The summed E-state index contributed by atoms with van der Waals surface area (Å²) in [7, 11) is 0.